The van der Waals surface area contributed by atoms with Gasteiger partial charge in [0.05, 0.1) is 10.9 Å². The first kappa shape index (κ1) is 9.23. The van der Waals surface area contributed by atoms with Crippen LogP contribution >= 0.6 is 15.9 Å². The molecule has 0 radical (unpaired) electrons. The number of nitrogens with zero attached hydrogens (tertiary/aromatic N) is 1. The summed E-state index contributed by atoms with van der Waals surface area (Å²) in [5.41, 5.74) is 0. The van der Waals surface area contributed by atoms with Crippen molar-refractivity contribution in [3.05, 3.63) is 22.7 Å². The Bertz CT molecular complexity index is 417. The van der Waals surface area contributed by atoms with Gasteiger partial charge in [-0.05, 0) is 6.08 Å². The van der Waals surface area contributed by atoms with Gasteiger partial charge in [0.15, 0.2) is 0 Å². The molecular weight excluding hydrogens is 242 g/mol. The van der Waals surface area contributed by atoms with E-state index >= 15 is 0 Å². The SMILES string of the molecule is N#CC1C=CC(Br)=CC1=S(=O)=O. The monoisotopic (exact) mass is 245 g/mol. The fraction of sp³-hybridized carbons (Fsp3) is 0.143. The highest BCUT2D eigenvalue weighted by molar-refractivity contribution is 9.11. The maximum Gasteiger partial charge on any atom is 0.219 e. The van der Waals surface area contributed by atoms with E-state index in [0.29, 0.717) is 4.48 Å². The van der Waals surface area contributed by atoms with E-state index in [1.807, 2.05) is 6.07 Å². The van der Waals surface area contributed by atoms with Crippen molar-refractivity contribution in [1.29, 1.82) is 5.26 Å². The van der Waals surface area contributed by atoms with Crippen molar-refractivity contribution in [2.45, 2.75) is 0 Å². The van der Waals surface area contributed by atoms with Crippen LogP contribution in [-0.4, -0.2) is 13.3 Å². The standard InChI is InChI=1S/C7H4BrNO2S/c8-6-2-1-5(4-9)7(3-6)12(10)11/h1-3,5H. The Morgan fingerprint density at radius 1 is 1.58 bits per heavy atom. The molecule has 0 fully saturated rings. The Morgan fingerprint density at radius 3 is 2.75 bits per heavy atom. The van der Waals surface area contributed by atoms with E-state index in [1.54, 1.807) is 6.08 Å². The second-order valence-electron chi connectivity index (χ2n) is 2.13. The summed E-state index contributed by atoms with van der Waals surface area (Å²) in [5.74, 6) is -0.648. The Morgan fingerprint density at radius 2 is 2.25 bits per heavy atom. The molecule has 1 unspecified atom stereocenters. The molecule has 0 heterocycles. The van der Waals surface area contributed by atoms with E-state index in [1.165, 1.54) is 12.2 Å². The van der Waals surface area contributed by atoms with Crippen molar-refractivity contribution >= 4 is 31.1 Å². The van der Waals surface area contributed by atoms with Gasteiger partial charge < -0.3 is 0 Å². The Kier molecular flexibility index (Phi) is 2.84. The van der Waals surface area contributed by atoms with Crippen LogP contribution in [0.25, 0.3) is 0 Å². The molecule has 12 heavy (non-hydrogen) atoms. The molecule has 0 N–H and O–H groups in total. The highest BCUT2D eigenvalue weighted by atomic mass is 79.9. The molecule has 0 bridgehead atoms. The second-order valence-corrected chi connectivity index (χ2v) is 3.99. The van der Waals surface area contributed by atoms with Crippen LogP contribution in [0.4, 0.5) is 0 Å². The van der Waals surface area contributed by atoms with E-state index in [2.05, 4.69) is 15.9 Å². The molecule has 0 aromatic rings. The number of halogens is 1. The van der Waals surface area contributed by atoms with Crippen LogP contribution in [-0.2, 0) is 10.3 Å². The number of allylic oxidation sites excluding steroid dienone is 4. The van der Waals surface area contributed by atoms with E-state index in [4.69, 9.17) is 5.26 Å². The van der Waals surface area contributed by atoms with Gasteiger partial charge in [-0.3, -0.25) is 0 Å². The molecule has 0 spiro atoms. The van der Waals surface area contributed by atoms with Crippen molar-refractivity contribution in [3.63, 3.8) is 0 Å². The summed E-state index contributed by atoms with van der Waals surface area (Å²) in [6.45, 7) is 0. The molecule has 1 aliphatic rings. The molecule has 62 valence electrons. The maximum absolute atomic E-state index is 10.6. The third-order valence-electron chi connectivity index (χ3n) is 1.37. The average Bonchev–Trinajstić information content (AvgIpc) is 2.04. The maximum atomic E-state index is 10.6. The third kappa shape index (κ3) is 1.84. The quantitative estimate of drug-likeness (QED) is 0.599. The Balaban J connectivity index is 3.27. The van der Waals surface area contributed by atoms with Crippen LogP contribution in [0, 0.1) is 17.2 Å². The highest BCUT2D eigenvalue weighted by Crippen LogP contribution is 2.17. The minimum Gasteiger partial charge on any atom is -0.197 e. The topological polar surface area (TPSA) is 57.9 Å². The lowest BCUT2D eigenvalue weighted by molar-refractivity contribution is 0.626. The summed E-state index contributed by atoms with van der Waals surface area (Å²) in [4.78, 5) is 0.104. The molecule has 3 nitrogen and oxygen atoms in total. The largest absolute Gasteiger partial charge is 0.219 e. The predicted octanol–water partition coefficient (Wildman–Crippen LogP) is 1.03. The zero-order valence-electron chi connectivity index (χ0n) is 5.86. The molecule has 0 amide bonds. The summed E-state index contributed by atoms with van der Waals surface area (Å²) in [6, 6.07) is 1.87. The Hall–Kier alpha value is -0.860. The van der Waals surface area contributed by atoms with Gasteiger partial charge in [0, 0.05) is 4.48 Å². The Labute approximate surface area is 79.7 Å². The molecule has 5 heteroatoms. The lowest BCUT2D eigenvalue weighted by atomic mass is 10.0. The molecule has 0 aromatic heterocycles. The van der Waals surface area contributed by atoms with Gasteiger partial charge in [0.25, 0.3) is 0 Å². The van der Waals surface area contributed by atoms with Crippen molar-refractivity contribution < 1.29 is 8.42 Å². The van der Waals surface area contributed by atoms with Crippen LogP contribution < -0.4 is 0 Å². The molecule has 1 aliphatic carbocycles. The lowest BCUT2D eigenvalue weighted by Crippen LogP contribution is -2.11. The van der Waals surface area contributed by atoms with Crippen molar-refractivity contribution in [2.24, 2.45) is 5.92 Å². The van der Waals surface area contributed by atoms with Crippen LogP contribution in [0.5, 0.6) is 0 Å². The molecule has 1 atom stereocenters. The van der Waals surface area contributed by atoms with Crippen LogP contribution in [0.2, 0.25) is 0 Å². The molecule has 0 aliphatic heterocycles. The molecule has 0 aromatic carbocycles. The highest BCUT2D eigenvalue weighted by Gasteiger charge is 2.15. The van der Waals surface area contributed by atoms with Gasteiger partial charge in [0.1, 0.15) is 5.92 Å². The smallest absolute Gasteiger partial charge is 0.197 e. The van der Waals surface area contributed by atoms with Gasteiger partial charge in [-0.25, -0.2) is 0 Å². The summed E-state index contributed by atoms with van der Waals surface area (Å²) in [7, 11) is -2.32. The number of nitriles is 1. The van der Waals surface area contributed by atoms with E-state index in [9.17, 15) is 8.42 Å². The zero-order valence-corrected chi connectivity index (χ0v) is 8.26. The lowest BCUT2D eigenvalue weighted by Gasteiger charge is -2.05. The first-order valence-corrected chi connectivity index (χ1v) is 4.93. The van der Waals surface area contributed by atoms with E-state index < -0.39 is 16.2 Å². The predicted molar refractivity (Wildman–Crippen MR) is 49.2 cm³/mol. The number of hydrogen-bond acceptors (Lipinski definition) is 3. The van der Waals surface area contributed by atoms with Crippen molar-refractivity contribution in [1.82, 2.24) is 0 Å². The van der Waals surface area contributed by atoms with Gasteiger partial charge >= 0.3 is 0 Å². The fourth-order valence-corrected chi connectivity index (χ4v) is 1.93. The second kappa shape index (κ2) is 3.70. The summed E-state index contributed by atoms with van der Waals surface area (Å²) < 4.78 is 21.8. The fourth-order valence-electron chi connectivity index (χ4n) is 0.815. The van der Waals surface area contributed by atoms with Crippen LogP contribution in [0.3, 0.4) is 0 Å². The van der Waals surface area contributed by atoms with E-state index in [0.717, 1.165) is 0 Å². The molecule has 1 rings (SSSR count). The molecule has 0 saturated carbocycles. The molecular formula is C7H4BrNO2S. The molecule has 0 saturated heterocycles. The summed E-state index contributed by atoms with van der Waals surface area (Å²) in [6.07, 6.45) is 4.62. The minimum atomic E-state index is -2.32. The van der Waals surface area contributed by atoms with Crippen molar-refractivity contribution in [3.8, 4) is 6.07 Å². The van der Waals surface area contributed by atoms with Gasteiger partial charge in [-0.15, -0.1) is 0 Å². The zero-order chi connectivity index (χ0) is 9.14. The van der Waals surface area contributed by atoms with Crippen LogP contribution in [0.1, 0.15) is 0 Å². The first-order valence-electron chi connectivity index (χ1n) is 3.06. The minimum absolute atomic E-state index is 0.104. The number of rotatable bonds is 0. The van der Waals surface area contributed by atoms with Gasteiger partial charge in [-0.1, -0.05) is 28.1 Å². The van der Waals surface area contributed by atoms with Gasteiger partial charge in [0.2, 0.25) is 10.3 Å². The average molecular weight is 246 g/mol. The van der Waals surface area contributed by atoms with E-state index in [-0.39, 0.29) is 4.86 Å². The summed E-state index contributed by atoms with van der Waals surface area (Å²) in [5, 5.41) is 8.56. The van der Waals surface area contributed by atoms with Crippen molar-refractivity contribution in [2.75, 3.05) is 0 Å². The number of hydrogen-bond donors (Lipinski definition) is 0. The normalized spacial score (nSPS) is 21.5. The van der Waals surface area contributed by atoms with Crippen LogP contribution in [0.15, 0.2) is 22.7 Å². The first-order chi connectivity index (χ1) is 5.65. The summed E-state index contributed by atoms with van der Waals surface area (Å²) >= 11 is 3.12. The third-order valence-corrected chi connectivity index (χ3v) is 2.62. The van der Waals surface area contributed by atoms with Gasteiger partial charge in [-0.2, -0.15) is 13.7 Å².